The highest BCUT2D eigenvalue weighted by Crippen LogP contribution is 2.27. The van der Waals surface area contributed by atoms with Gasteiger partial charge in [0.05, 0.1) is 18.6 Å². The number of benzene rings is 1. The van der Waals surface area contributed by atoms with Gasteiger partial charge in [-0.25, -0.2) is 4.98 Å². The second-order valence-corrected chi connectivity index (χ2v) is 4.70. The normalized spacial score (nSPS) is 10.4. The molecule has 0 radical (unpaired) electrons. The molecule has 0 amide bonds. The minimum atomic E-state index is -0.530. The fourth-order valence-corrected chi connectivity index (χ4v) is 2.15. The van der Waals surface area contributed by atoms with E-state index in [2.05, 4.69) is 4.98 Å². The first-order valence-electron chi connectivity index (χ1n) is 5.97. The molecule has 0 fully saturated rings. The molecule has 2 rings (SSSR count). The molecule has 110 valence electrons. The SMILES string of the molecule is COc1ccc(Cn2c(C)nc(Cl)cc2=O)cc1[N+](=O)[O-]. The highest BCUT2D eigenvalue weighted by Gasteiger charge is 2.16. The summed E-state index contributed by atoms with van der Waals surface area (Å²) in [6.45, 7) is 1.81. The summed E-state index contributed by atoms with van der Waals surface area (Å²) in [4.78, 5) is 26.3. The first-order valence-corrected chi connectivity index (χ1v) is 6.35. The Kier molecular flexibility index (Phi) is 4.23. The summed E-state index contributed by atoms with van der Waals surface area (Å²) in [5.74, 6) is 0.605. The third-order valence-corrected chi connectivity index (χ3v) is 3.14. The van der Waals surface area contributed by atoms with Gasteiger partial charge in [0.1, 0.15) is 11.0 Å². The van der Waals surface area contributed by atoms with Crippen LogP contribution in [-0.4, -0.2) is 21.6 Å². The van der Waals surface area contributed by atoms with Crippen LogP contribution in [0, 0.1) is 17.0 Å². The third kappa shape index (κ3) is 3.19. The highest BCUT2D eigenvalue weighted by molar-refractivity contribution is 6.29. The van der Waals surface area contributed by atoms with Gasteiger partial charge >= 0.3 is 5.69 Å². The Labute approximate surface area is 124 Å². The van der Waals surface area contributed by atoms with E-state index in [0.717, 1.165) is 0 Å². The maximum absolute atomic E-state index is 11.9. The average molecular weight is 310 g/mol. The van der Waals surface area contributed by atoms with Crippen molar-refractivity contribution in [3.63, 3.8) is 0 Å². The Morgan fingerprint density at radius 1 is 1.43 bits per heavy atom. The van der Waals surface area contributed by atoms with E-state index >= 15 is 0 Å². The summed E-state index contributed by atoms with van der Waals surface area (Å²) in [7, 11) is 1.36. The van der Waals surface area contributed by atoms with Crippen LogP contribution in [-0.2, 0) is 6.54 Å². The highest BCUT2D eigenvalue weighted by atomic mass is 35.5. The van der Waals surface area contributed by atoms with Crippen LogP contribution in [0.15, 0.2) is 29.1 Å². The summed E-state index contributed by atoms with van der Waals surface area (Å²) in [5, 5.41) is 11.1. The fourth-order valence-electron chi connectivity index (χ4n) is 1.94. The van der Waals surface area contributed by atoms with Crippen LogP contribution in [0.5, 0.6) is 5.75 Å². The van der Waals surface area contributed by atoms with Crippen LogP contribution < -0.4 is 10.3 Å². The molecule has 0 spiro atoms. The molecule has 0 aliphatic heterocycles. The molecule has 1 aromatic carbocycles. The van der Waals surface area contributed by atoms with Gasteiger partial charge in [-0.2, -0.15) is 0 Å². The zero-order chi connectivity index (χ0) is 15.6. The summed E-state index contributed by atoms with van der Waals surface area (Å²) in [6, 6.07) is 5.73. The smallest absolute Gasteiger partial charge is 0.311 e. The van der Waals surface area contributed by atoms with E-state index in [1.54, 1.807) is 13.0 Å². The summed E-state index contributed by atoms with van der Waals surface area (Å²) in [6.07, 6.45) is 0. The second-order valence-electron chi connectivity index (χ2n) is 4.31. The van der Waals surface area contributed by atoms with Crippen molar-refractivity contribution < 1.29 is 9.66 Å². The molecule has 0 saturated heterocycles. The van der Waals surface area contributed by atoms with Gasteiger partial charge in [0.2, 0.25) is 0 Å². The molecule has 21 heavy (non-hydrogen) atoms. The Morgan fingerprint density at radius 2 is 2.14 bits per heavy atom. The third-order valence-electron chi connectivity index (χ3n) is 2.95. The molecule has 1 heterocycles. The van der Waals surface area contributed by atoms with E-state index in [1.165, 1.54) is 29.9 Å². The molecule has 0 saturated carbocycles. The van der Waals surface area contributed by atoms with Gasteiger partial charge < -0.3 is 4.74 Å². The number of hydrogen-bond donors (Lipinski definition) is 0. The van der Waals surface area contributed by atoms with E-state index < -0.39 is 4.92 Å². The van der Waals surface area contributed by atoms with Crippen molar-refractivity contribution >= 4 is 17.3 Å². The van der Waals surface area contributed by atoms with Crippen LogP contribution in [0.25, 0.3) is 0 Å². The number of nitro groups is 1. The van der Waals surface area contributed by atoms with Gasteiger partial charge in [-0.3, -0.25) is 19.5 Å². The lowest BCUT2D eigenvalue weighted by Crippen LogP contribution is -2.23. The molecule has 7 nitrogen and oxygen atoms in total. The van der Waals surface area contributed by atoms with Crippen molar-refractivity contribution in [1.82, 2.24) is 9.55 Å². The monoisotopic (exact) mass is 309 g/mol. The van der Waals surface area contributed by atoms with Crippen molar-refractivity contribution in [1.29, 1.82) is 0 Å². The molecule has 0 aliphatic rings. The Bertz CT molecular complexity index is 758. The number of hydrogen-bond acceptors (Lipinski definition) is 5. The molecule has 1 aromatic heterocycles. The number of rotatable bonds is 4. The Morgan fingerprint density at radius 3 is 2.71 bits per heavy atom. The molecule has 8 heteroatoms. The lowest BCUT2D eigenvalue weighted by atomic mass is 10.2. The first-order chi connectivity index (χ1) is 9.92. The maximum atomic E-state index is 11.9. The number of methoxy groups -OCH3 is 1. The van der Waals surface area contributed by atoms with Crippen molar-refractivity contribution in [3.8, 4) is 5.75 Å². The predicted octanol–water partition coefficient (Wildman–Crippen LogP) is 2.17. The van der Waals surface area contributed by atoms with E-state index in [9.17, 15) is 14.9 Å². The summed E-state index contributed by atoms with van der Waals surface area (Å²) in [5.41, 5.74) is 0.130. The number of aryl methyl sites for hydroxylation is 1. The Balaban J connectivity index is 2.43. The van der Waals surface area contributed by atoms with Gasteiger partial charge in [-0.05, 0) is 18.6 Å². The van der Waals surface area contributed by atoms with E-state index in [1.807, 2.05) is 0 Å². The largest absolute Gasteiger partial charge is 0.490 e. The van der Waals surface area contributed by atoms with E-state index in [4.69, 9.17) is 16.3 Å². The standard InChI is InChI=1S/C13H12ClN3O4/c1-8-15-12(14)6-13(18)16(8)7-9-3-4-11(21-2)10(5-9)17(19)20/h3-6H,7H2,1-2H3. The van der Waals surface area contributed by atoms with Gasteiger partial charge in [0.15, 0.2) is 5.75 Å². The molecule has 0 bridgehead atoms. The van der Waals surface area contributed by atoms with Crippen LogP contribution in [0.3, 0.4) is 0 Å². The number of aromatic nitrogens is 2. The fraction of sp³-hybridized carbons (Fsp3) is 0.231. The molecule has 0 aliphatic carbocycles. The average Bonchev–Trinajstić information content (AvgIpc) is 2.42. The van der Waals surface area contributed by atoms with Gasteiger partial charge in [-0.1, -0.05) is 17.7 Å². The van der Waals surface area contributed by atoms with E-state index in [-0.39, 0.29) is 28.7 Å². The molecule has 0 N–H and O–H groups in total. The summed E-state index contributed by atoms with van der Waals surface area (Å²) < 4.78 is 6.32. The van der Waals surface area contributed by atoms with Crippen molar-refractivity contribution in [3.05, 3.63) is 61.3 Å². The second kappa shape index (κ2) is 5.92. The van der Waals surface area contributed by atoms with Crippen molar-refractivity contribution in [2.24, 2.45) is 0 Å². The molecular weight excluding hydrogens is 298 g/mol. The van der Waals surface area contributed by atoms with Gasteiger partial charge in [0, 0.05) is 12.1 Å². The molecule has 2 aromatic rings. The Hall–Kier alpha value is -2.41. The zero-order valence-corrected chi connectivity index (χ0v) is 12.1. The first kappa shape index (κ1) is 15.0. The number of halogens is 1. The maximum Gasteiger partial charge on any atom is 0.311 e. The molecular formula is C13H12ClN3O4. The van der Waals surface area contributed by atoms with Crippen LogP contribution >= 0.6 is 11.6 Å². The van der Waals surface area contributed by atoms with Crippen LogP contribution in [0.2, 0.25) is 5.15 Å². The lowest BCUT2D eigenvalue weighted by Gasteiger charge is -2.10. The predicted molar refractivity (Wildman–Crippen MR) is 77.0 cm³/mol. The zero-order valence-electron chi connectivity index (χ0n) is 11.4. The number of nitro benzene ring substituents is 1. The van der Waals surface area contributed by atoms with Gasteiger partial charge in [0.25, 0.3) is 5.56 Å². The molecule has 0 unspecified atom stereocenters. The van der Waals surface area contributed by atoms with Crippen LogP contribution in [0.1, 0.15) is 11.4 Å². The van der Waals surface area contributed by atoms with Gasteiger partial charge in [-0.15, -0.1) is 0 Å². The van der Waals surface area contributed by atoms with Crippen molar-refractivity contribution in [2.75, 3.05) is 7.11 Å². The van der Waals surface area contributed by atoms with Crippen molar-refractivity contribution in [2.45, 2.75) is 13.5 Å². The van der Waals surface area contributed by atoms with E-state index in [0.29, 0.717) is 11.4 Å². The number of ether oxygens (including phenoxy) is 1. The summed E-state index contributed by atoms with van der Waals surface area (Å²) >= 11 is 5.70. The molecule has 0 atom stereocenters. The lowest BCUT2D eigenvalue weighted by molar-refractivity contribution is -0.385. The minimum Gasteiger partial charge on any atom is -0.490 e. The number of nitrogens with zero attached hydrogens (tertiary/aromatic N) is 3. The quantitative estimate of drug-likeness (QED) is 0.490. The minimum absolute atomic E-state index is 0.120. The van der Waals surface area contributed by atoms with Crippen LogP contribution in [0.4, 0.5) is 5.69 Å². The topological polar surface area (TPSA) is 87.3 Å².